The summed E-state index contributed by atoms with van der Waals surface area (Å²) in [7, 11) is 0. The highest BCUT2D eigenvalue weighted by Gasteiger charge is 2.16. The van der Waals surface area contributed by atoms with Gasteiger partial charge < -0.3 is 5.32 Å². The van der Waals surface area contributed by atoms with Gasteiger partial charge in [-0.2, -0.15) is 0 Å². The van der Waals surface area contributed by atoms with Crippen LogP contribution in [-0.4, -0.2) is 14.5 Å². The Labute approximate surface area is 220 Å². The largest absolute Gasteiger partial charge is 0.366 e. The van der Waals surface area contributed by atoms with Crippen LogP contribution < -0.4 is 21.6 Å². The maximum Gasteiger partial charge on any atom is 0.260 e. The van der Waals surface area contributed by atoms with Gasteiger partial charge in [0, 0.05) is 64.8 Å². The molecule has 0 atom stereocenters. The monoisotopic (exact) mass is 509 g/mol. The molecule has 0 saturated carbocycles. The molecule has 1 N–H and O–H groups in total. The summed E-state index contributed by atoms with van der Waals surface area (Å²) in [5, 5.41) is 4.94. The zero-order valence-corrected chi connectivity index (χ0v) is 21.7. The van der Waals surface area contributed by atoms with Gasteiger partial charge in [0.05, 0.1) is 0 Å². The normalized spacial score (nSPS) is 12.8. The Bertz CT molecular complexity index is 1640. The first-order chi connectivity index (χ1) is 18.1. The summed E-state index contributed by atoms with van der Waals surface area (Å²) in [6, 6.07) is 15.5. The van der Waals surface area contributed by atoms with Crippen molar-refractivity contribution in [1.82, 2.24) is 19.9 Å². The predicted molar refractivity (Wildman–Crippen MR) is 148 cm³/mol. The van der Waals surface area contributed by atoms with Crippen molar-refractivity contribution in [3.8, 4) is 22.3 Å². The van der Waals surface area contributed by atoms with E-state index in [1.807, 2.05) is 55.5 Å². The number of hydrogen-bond acceptors (Lipinski definition) is 5. The standard InChI is InChI=1S/C30H28ClN5O/c1-3-21-7-8-23-16-26(25-10-9-22(17-27(25)31)24-6-5-13-33-19-24)30(37)36(4-2)29(23)35-28(21)34-18-20-11-14-32-15-12-20/h5-6,8-17,19,34H,3-4,7,18H2,1-2H3. The summed E-state index contributed by atoms with van der Waals surface area (Å²) in [5.74, 6) is 0.822. The van der Waals surface area contributed by atoms with Crippen molar-refractivity contribution in [1.29, 1.82) is 0 Å². The highest BCUT2D eigenvalue weighted by molar-refractivity contribution is 6.33. The summed E-state index contributed by atoms with van der Waals surface area (Å²) in [6.45, 7) is 5.22. The highest BCUT2D eigenvalue weighted by atomic mass is 35.5. The van der Waals surface area contributed by atoms with Gasteiger partial charge in [0.25, 0.3) is 5.56 Å². The third-order valence-electron chi connectivity index (χ3n) is 6.62. The van der Waals surface area contributed by atoms with E-state index in [1.165, 1.54) is 5.57 Å². The number of fused-ring (bicyclic) bond motifs is 1. The highest BCUT2D eigenvalue weighted by Crippen LogP contribution is 2.30. The van der Waals surface area contributed by atoms with Crippen LogP contribution in [0.2, 0.25) is 5.02 Å². The minimum atomic E-state index is -0.108. The van der Waals surface area contributed by atoms with Crippen LogP contribution in [0.15, 0.2) is 94.5 Å². The van der Waals surface area contributed by atoms with E-state index in [4.69, 9.17) is 16.6 Å². The van der Waals surface area contributed by atoms with Crippen molar-refractivity contribution in [3.05, 3.63) is 116 Å². The molecule has 0 saturated heterocycles. The topological polar surface area (TPSA) is 72.2 Å². The van der Waals surface area contributed by atoms with Crippen molar-refractivity contribution < 1.29 is 0 Å². The van der Waals surface area contributed by atoms with Crippen LogP contribution in [-0.2, 0) is 13.1 Å². The Hall–Kier alpha value is -4.03. The van der Waals surface area contributed by atoms with Crippen LogP contribution >= 0.6 is 11.6 Å². The summed E-state index contributed by atoms with van der Waals surface area (Å²) in [5.41, 5.74) is 6.08. The van der Waals surface area contributed by atoms with Gasteiger partial charge in [-0.25, -0.2) is 4.99 Å². The molecular formula is C30H28ClN5O. The average molecular weight is 510 g/mol. The van der Waals surface area contributed by atoms with E-state index >= 15 is 0 Å². The van der Waals surface area contributed by atoms with E-state index in [2.05, 4.69) is 28.3 Å². The molecule has 1 aliphatic heterocycles. The Morgan fingerprint density at radius 1 is 0.973 bits per heavy atom. The quantitative estimate of drug-likeness (QED) is 0.386. The lowest BCUT2D eigenvalue weighted by Crippen LogP contribution is -2.44. The number of rotatable bonds is 7. The van der Waals surface area contributed by atoms with Crippen molar-refractivity contribution >= 4 is 17.7 Å². The smallest absolute Gasteiger partial charge is 0.260 e. The second kappa shape index (κ2) is 10.9. The third kappa shape index (κ3) is 5.11. The zero-order chi connectivity index (χ0) is 25.8. The molecule has 0 unspecified atom stereocenters. The lowest BCUT2D eigenvalue weighted by molar-refractivity contribution is 0.668. The molecule has 1 aromatic carbocycles. The van der Waals surface area contributed by atoms with E-state index in [0.29, 0.717) is 34.7 Å². The van der Waals surface area contributed by atoms with Crippen molar-refractivity contribution in [2.24, 2.45) is 4.99 Å². The first-order valence-corrected chi connectivity index (χ1v) is 12.8. The lowest BCUT2D eigenvalue weighted by Gasteiger charge is -2.12. The maximum atomic E-state index is 13.7. The molecule has 37 heavy (non-hydrogen) atoms. The van der Waals surface area contributed by atoms with Gasteiger partial charge in [0.15, 0.2) is 0 Å². The Morgan fingerprint density at radius 3 is 2.51 bits per heavy atom. The molecule has 0 aliphatic carbocycles. The summed E-state index contributed by atoms with van der Waals surface area (Å²) >= 11 is 6.74. The molecule has 5 rings (SSSR count). The molecular weight excluding hydrogens is 482 g/mol. The van der Waals surface area contributed by atoms with Crippen LogP contribution in [0.4, 0.5) is 0 Å². The number of hydrogen-bond donors (Lipinski definition) is 1. The second-order valence-corrected chi connectivity index (χ2v) is 9.26. The molecule has 186 valence electrons. The molecule has 0 fully saturated rings. The Morgan fingerprint density at radius 2 is 1.81 bits per heavy atom. The van der Waals surface area contributed by atoms with E-state index in [0.717, 1.165) is 40.6 Å². The van der Waals surface area contributed by atoms with Gasteiger partial charge in [-0.15, -0.1) is 0 Å². The minimum absolute atomic E-state index is 0.108. The molecule has 0 spiro atoms. The van der Waals surface area contributed by atoms with Crippen molar-refractivity contribution in [2.75, 3.05) is 0 Å². The van der Waals surface area contributed by atoms with Crippen LogP contribution in [0.1, 0.15) is 32.3 Å². The number of benzene rings is 1. The van der Waals surface area contributed by atoms with Gasteiger partial charge in [-0.05, 0) is 66.8 Å². The second-order valence-electron chi connectivity index (χ2n) is 8.86. The van der Waals surface area contributed by atoms with Gasteiger partial charge in [-0.1, -0.05) is 42.8 Å². The number of nitrogens with zero attached hydrogens (tertiary/aromatic N) is 4. The molecule has 1 aliphatic rings. The number of halogens is 1. The number of nitrogens with one attached hydrogen (secondary N) is 1. The summed E-state index contributed by atoms with van der Waals surface area (Å²) < 4.78 is 1.74. The SMILES string of the molecule is CCC1=C(NCc2ccncc2)N=c2c(cc(-c3ccc(-c4cccnc4)cc3Cl)c(=O)n2CC)=CC1. The van der Waals surface area contributed by atoms with E-state index < -0.39 is 0 Å². The van der Waals surface area contributed by atoms with E-state index in [1.54, 1.807) is 29.4 Å². The number of pyridine rings is 3. The van der Waals surface area contributed by atoms with Gasteiger partial charge in [0.1, 0.15) is 11.3 Å². The van der Waals surface area contributed by atoms with Gasteiger partial charge >= 0.3 is 0 Å². The molecule has 6 nitrogen and oxygen atoms in total. The van der Waals surface area contributed by atoms with E-state index in [9.17, 15) is 4.79 Å². The third-order valence-corrected chi connectivity index (χ3v) is 6.93. The molecule has 0 radical (unpaired) electrons. The van der Waals surface area contributed by atoms with Crippen molar-refractivity contribution in [3.63, 3.8) is 0 Å². The first-order valence-electron chi connectivity index (χ1n) is 12.5. The molecule has 7 heteroatoms. The molecule has 4 aromatic rings. The van der Waals surface area contributed by atoms with Crippen LogP contribution in [0.5, 0.6) is 0 Å². The fourth-order valence-electron chi connectivity index (χ4n) is 4.56. The predicted octanol–water partition coefficient (Wildman–Crippen LogP) is 4.86. The minimum Gasteiger partial charge on any atom is -0.366 e. The Kier molecular flexibility index (Phi) is 7.28. The lowest BCUT2D eigenvalue weighted by atomic mass is 10.0. The molecule has 4 heterocycles. The van der Waals surface area contributed by atoms with Gasteiger partial charge in [0.2, 0.25) is 0 Å². The number of allylic oxidation sites excluding steroid dienone is 1. The van der Waals surface area contributed by atoms with E-state index in [-0.39, 0.29) is 5.56 Å². The van der Waals surface area contributed by atoms with Crippen LogP contribution in [0.3, 0.4) is 0 Å². The first kappa shape index (κ1) is 24.7. The summed E-state index contributed by atoms with van der Waals surface area (Å²) in [6.07, 6.45) is 10.9. The summed E-state index contributed by atoms with van der Waals surface area (Å²) in [4.78, 5) is 27.0. The van der Waals surface area contributed by atoms with Crippen LogP contribution in [0, 0.1) is 0 Å². The molecule has 3 aromatic heterocycles. The fraction of sp³-hybridized carbons (Fsp3) is 0.200. The molecule has 0 amide bonds. The van der Waals surface area contributed by atoms with Crippen molar-refractivity contribution in [2.45, 2.75) is 39.8 Å². The maximum absolute atomic E-state index is 13.7. The average Bonchev–Trinajstić information content (AvgIpc) is 3.11. The van der Waals surface area contributed by atoms with Crippen LogP contribution in [0.25, 0.3) is 28.3 Å². The fourth-order valence-corrected chi connectivity index (χ4v) is 4.85. The molecule has 0 bridgehead atoms. The zero-order valence-electron chi connectivity index (χ0n) is 20.9. The number of aromatic nitrogens is 3. The Balaban J connectivity index is 1.59. The van der Waals surface area contributed by atoms with Gasteiger partial charge in [-0.3, -0.25) is 19.3 Å².